The first-order valence-corrected chi connectivity index (χ1v) is 9.65. The highest BCUT2D eigenvalue weighted by molar-refractivity contribution is 6.34. The van der Waals surface area contributed by atoms with Gasteiger partial charge in [0.2, 0.25) is 0 Å². The smallest absolute Gasteiger partial charge is 0.312 e. The lowest BCUT2D eigenvalue weighted by atomic mass is 10.2. The summed E-state index contributed by atoms with van der Waals surface area (Å²) < 4.78 is 13.0. The number of hydrogen-bond acceptors (Lipinski definition) is 3. The summed E-state index contributed by atoms with van der Waals surface area (Å²) in [4.78, 5) is 30.7. The fourth-order valence-electron chi connectivity index (χ4n) is 3.10. The molecule has 5 nitrogen and oxygen atoms in total. The normalized spacial score (nSPS) is 14.4. The highest BCUT2D eigenvalue weighted by Crippen LogP contribution is 2.17. The van der Waals surface area contributed by atoms with E-state index in [4.69, 9.17) is 0 Å². The molecular formula is C20H30FN3O2. The predicted molar refractivity (Wildman–Crippen MR) is 102 cm³/mol. The van der Waals surface area contributed by atoms with E-state index in [1.165, 1.54) is 12.1 Å². The number of halogens is 1. The van der Waals surface area contributed by atoms with E-state index >= 15 is 0 Å². The molecule has 6 heteroatoms. The molecule has 0 saturated carbocycles. The van der Waals surface area contributed by atoms with Gasteiger partial charge in [0.15, 0.2) is 0 Å². The van der Waals surface area contributed by atoms with Crippen molar-refractivity contribution >= 4 is 17.5 Å². The van der Waals surface area contributed by atoms with Gasteiger partial charge in [0.05, 0.1) is 0 Å². The van der Waals surface area contributed by atoms with Crippen LogP contribution in [0.2, 0.25) is 0 Å². The first kappa shape index (κ1) is 20.2. The zero-order valence-electron chi connectivity index (χ0n) is 15.9. The van der Waals surface area contributed by atoms with Gasteiger partial charge in [-0.1, -0.05) is 26.7 Å². The first-order valence-electron chi connectivity index (χ1n) is 9.65. The number of carbonyl (C=O) groups excluding carboxylic acids is 2. The van der Waals surface area contributed by atoms with Crippen molar-refractivity contribution < 1.29 is 14.0 Å². The van der Waals surface area contributed by atoms with Crippen LogP contribution in [0.3, 0.4) is 0 Å². The van der Waals surface area contributed by atoms with Gasteiger partial charge in [-0.2, -0.15) is 0 Å². The second-order valence-corrected chi connectivity index (χ2v) is 6.75. The summed E-state index contributed by atoms with van der Waals surface area (Å²) in [5, 5.41) is 0. The molecule has 1 saturated heterocycles. The Kier molecular flexibility index (Phi) is 7.88. The van der Waals surface area contributed by atoms with Gasteiger partial charge in [-0.15, -0.1) is 0 Å². The van der Waals surface area contributed by atoms with Crippen LogP contribution in [0.5, 0.6) is 0 Å². The average Bonchev–Trinajstić information content (AvgIpc) is 2.68. The molecule has 0 unspecified atom stereocenters. The van der Waals surface area contributed by atoms with Gasteiger partial charge in [0, 0.05) is 45.0 Å². The third-order valence-electron chi connectivity index (χ3n) is 4.79. The topological polar surface area (TPSA) is 43.9 Å². The Morgan fingerprint density at radius 3 is 2.00 bits per heavy atom. The molecule has 0 aliphatic carbocycles. The van der Waals surface area contributed by atoms with Crippen LogP contribution >= 0.6 is 0 Å². The van der Waals surface area contributed by atoms with E-state index in [0.29, 0.717) is 39.3 Å². The maximum Gasteiger partial charge on any atom is 0.312 e. The van der Waals surface area contributed by atoms with Crippen molar-refractivity contribution in [1.82, 2.24) is 9.80 Å². The number of anilines is 1. The van der Waals surface area contributed by atoms with Crippen LogP contribution in [-0.2, 0) is 9.59 Å². The molecule has 26 heavy (non-hydrogen) atoms. The van der Waals surface area contributed by atoms with Gasteiger partial charge in [-0.25, -0.2) is 4.39 Å². The highest BCUT2D eigenvalue weighted by Gasteiger charge is 2.29. The summed E-state index contributed by atoms with van der Waals surface area (Å²) in [6, 6.07) is 6.37. The minimum absolute atomic E-state index is 0.257. The zero-order chi connectivity index (χ0) is 18.9. The van der Waals surface area contributed by atoms with Crippen LogP contribution in [0.15, 0.2) is 24.3 Å². The molecule has 2 amide bonds. The van der Waals surface area contributed by atoms with Crippen LogP contribution in [0.1, 0.15) is 39.5 Å². The molecule has 0 aromatic heterocycles. The van der Waals surface area contributed by atoms with Crippen molar-refractivity contribution in [1.29, 1.82) is 0 Å². The fourth-order valence-corrected chi connectivity index (χ4v) is 3.10. The Labute approximate surface area is 155 Å². The maximum atomic E-state index is 13.0. The zero-order valence-corrected chi connectivity index (χ0v) is 15.9. The molecule has 0 spiro atoms. The number of hydrogen-bond donors (Lipinski definition) is 0. The van der Waals surface area contributed by atoms with Gasteiger partial charge in [-0.3, -0.25) is 9.59 Å². The van der Waals surface area contributed by atoms with E-state index in [1.54, 1.807) is 21.9 Å². The van der Waals surface area contributed by atoms with E-state index in [9.17, 15) is 14.0 Å². The van der Waals surface area contributed by atoms with Gasteiger partial charge in [0.1, 0.15) is 5.82 Å². The second-order valence-electron chi connectivity index (χ2n) is 6.75. The van der Waals surface area contributed by atoms with E-state index in [0.717, 1.165) is 31.4 Å². The molecule has 2 rings (SSSR count). The average molecular weight is 363 g/mol. The number of piperazine rings is 1. The molecule has 144 valence electrons. The van der Waals surface area contributed by atoms with E-state index < -0.39 is 5.91 Å². The molecule has 0 N–H and O–H groups in total. The summed E-state index contributed by atoms with van der Waals surface area (Å²) in [6.07, 6.45) is 3.84. The third kappa shape index (κ3) is 5.44. The summed E-state index contributed by atoms with van der Waals surface area (Å²) in [6.45, 7) is 7.78. The number of unbranched alkanes of at least 4 members (excludes halogenated alkanes) is 2. The van der Waals surface area contributed by atoms with Gasteiger partial charge in [0.25, 0.3) is 0 Å². The number of rotatable bonds is 7. The van der Waals surface area contributed by atoms with Crippen molar-refractivity contribution in [3.63, 3.8) is 0 Å². The van der Waals surface area contributed by atoms with Crippen molar-refractivity contribution in [2.24, 2.45) is 0 Å². The molecule has 1 fully saturated rings. The molecule has 0 radical (unpaired) electrons. The lowest BCUT2D eigenvalue weighted by Gasteiger charge is -2.36. The fraction of sp³-hybridized carbons (Fsp3) is 0.600. The van der Waals surface area contributed by atoms with Crippen molar-refractivity contribution in [3.8, 4) is 0 Å². The number of amides is 2. The summed E-state index contributed by atoms with van der Waals surface area (Å²) in [5.41, 5.74) is 0.942. The SMILES string of the molecule is CCCCN(CCCC)C(=O)C(=O)N1CCN(c2ccc(F)cc2)CC1. The standard InChI is InChI=1S/C20H30FN3O2/c1-3-5-11-23(12-6-4-2)19(25)20(26)24-15-13-22(14-16-24)18-9-7-17(21)8-10-18/h7-10H,3-6,11-16H2,1-2H3. The third-order valence-corrected chi connectivity index (χ3v) is 4.79. The predicted octanol–water partition coefficient (Wildman–Crippen LogP) is 2.90. The quantitative estimate of drug-likeness (QED) is 0.700. The lowest BCUT2D eigenvalue weighted by Crippen LogP contribution is -2.53. The van der Waals surface area contributed by atoms with Crippen molar-refractivity contribution in [2.75, 3.05) is 44.2 Å². The largest absolute Gasteiger partial charge is 0.368 e. The Morgan fingerprint density at radius 1 is 0.962 bits per heavy atom. The second kappa shape index (κ2) is 10.1. The van der Waals surface area contributed by atoms with Gasteiger partial charge in [-0.05, 0) is 37.1 Å². The van der Waals surface area contributed by atoms with Crippen LogP contribution in [-0.4, -0.2) is 60.9 Å². The molecular weight excluding hydrogens is 333 g/mol. The Hall–Kier alpha value is -2.11. The highest BCUT2D eigenvalue weighted by atomic mass is 19.1. The maximum absolute atomic E-state index is 13.0. The molecule has 0 atom stereocenters. The first-order chi connectivity index (χ1) is 12.6. The Morgan fingerprint density at radius 2 is 1.50 bits per heavy atom. The van der Waals surface area contributed by atoms with E-state index in [-0.39, 0.29) is 11.7 Å². The minimum atomic E-state index is -0.393. The Bertz CT molecular complexity index is 575. The van der Waals surface area contributed by atoms with Crippen LogP contribution in [0.4, 0.5) is 10.1 Å². The number of nitrogens with zero attached hydrogens (tertiary/aromatic N) is 3. The summed E-state index contributed by atoms with van der Waals surface area (Å²) in [5.74, 6) is -1.02. The van der Waals surface area contributed by atoms with Crippen LogP contribution < -0.4 is 4.90 Å². The monoisotopic (exact) mass is 363 g/mol. The summed E-state index contributed by atoms with van der Waals surface area (Å²) in [7, 11) is 0. The Balaban J connectivity index is 1.90. The number of benzene rings is 1. The molecule has 0 bridgehead atoms. The van der Waals surface area contributed by atoms with E-state index in [2.05, 4.69) is 18.7 Å². The molecule has 1 aromatic carbocycles. The number of carbonyl (C=O) groups is 2. The molecule has 1 aromatic rings. The molecule has 1 heterocycles. The molecule has 1 aliphatic heterocycles. The lowest BCUT2D eigenvalue weighted by molar-refractivity contribution is -0.152. The minimum Gasteiger partial charge on any atom is -0.368 e. The van der Waals surface area contributed by atoms with Crippen LogP contribution in [0.25, 0.3) is 0 Å². The van der Waals surface area contributed by atoms with Gasteiger partial charge < -0.3 is 14.7 Å². The van der Waals surface area contributed by atoms with Gasteiger partial charge >= 0.3 is 11.8 Å². The van der Waals surface area contributed by atoms with Crippen molar-refractivity contribution in [3.05, 3.63) is 30.1 Å². The molecule has 1 aliphatic rings. The van der Waals surface area contributed by atoms with E-state index in [1.807, 2.05) is 0 Å². The van der Waals surface area contributed by atoms with Crippen LogP contribution in [0, 0.1) is 5.82 Å². The van der Waals surface area contributed by atoms with Crippen molar-refractivity contribution in [2.45, 2.75) is 39.5 Å². The summed E-state index contributed by atoms with van der Waals surface area (Å²) >= 11 is 0.